The van der Waals surface area contributed by atoms with Crippen molar-refractivity contribution >= 4 is 33.6 Å². The Morgan fingerprint density at radius 3 is 2.88 bits per heavy atom. The van der Waals surface area contributed by atoms with Gasteiger partial charge >= 0.3 is 12.0 Å². The molecular weight excluding hydrogens is 288 g/mol. The number of anilines is 1. The van der Waals surface area contributed by atoms with Gasteiger partial charge in [-0.1, -0.05) is 0 Å². The summed E-state index contributed by atoms with van der Waals surface area (Å²) in [6, 6.07) is 3.28. The molecule has 1 heterocycles. The average molecular weight is 299 g/mol. The van der Waals surface area contributed by atoms with Gasteiger partial charge in [0, 0.05) is 23.8 Å². The summed E-state index contributed by atoms with van der Waals surface area (Å²) < 4.78 is 5.29. The van der Waals surface area contributed by atoms with E-state index in [1.54, 1.807) is 19.2 Å². The van der Waals surface area contributed by atoms with Crippen LogP contribution in [0.3, 0.4) is 0 Å². The minimum atomic E-state index is -0.403. The molecular formula is C11H11BrN2O3. The monoisotopic (exact) mass is 298 g/mol. The van der Waals surface area contributed by atoms with Crippen LogP contribution in [0.1, 0.15) is 15.9 Å². The third-order valence-electron chi connectivity index (χ3n) is 2.59. The maximum atomic E-state index is 11.5. The van der Waals surface area contributed by atoms with Crippen molar-refractivity contribution in [3.05, 3.63) is 27.7 Å². The van der Waals surface area contributed by atoms with Gasteiger partial charge in [0.15, 0.2) is 0 Å². The van der Waals surface area contributed by atoms with E-state index in [1.807, 2.05) is 0 Å². The van der Waals surface area contributed by atoms with Gasteiger partial charge in [-0.15, -0.1) is 0 Å². The SMILES string of the molecule is COC(=O)c1cc2c(cc1Br)NC(=O)N(C)C2. The zero-order valence-electron chi connectivity index (χ0n) is 9.41. The van der Waals surface area contributed by atoms with E-state index < -0.39 is 5.97 Å². The highest BCUT2D eigenvalue weighted by Gasteiger charge is 2.22. The van der Waals surface area contributed by atoms with Crippen molar-refractivity contribution in [2.45, 2.75) is 6.54 Å². The van der Waals surface area contributed by atoms with Crippen LogP contribution in [0.25, 0.3) is 0 Å². The zero-order valence-corrected chi connectivity index (χ0v) is 11.0. The number of benzene rings is 1. The number of urea groups is 1. The predicted molar refractivity (Wildman–Crippen MR) is 66.0 cm³/mol. The molecule has 0 radical (unpaired) electrons. The quantitative estimate of drug-likeness (QED) is 0.809. The van der Waals surface area contributed by atoms with Crippen LogP contribution in [0.15, 0.2) is 16.6 Å². The van der Waals surface area contributed by atoms with Crippen LogP contribution in [-0.4, -0.2) is 31.1 Å². The topological polar surface area (TPSA) is 58.6 Å². The molecule has 5 nitrogen and oxygen atoms in total. The number of fused-ring (bicyclic) bond motifs is 1. The summed E-state index contributed by atoms with van der Waals surface area (Å²) in [5.41, 5.74) is 2.05. The van der Waals surface area contributed by atoms with E-state index in [0.29, 0.717) is 22.3 Å². The fourth-order valence-corrected chi connectivity index (χ4v) is 2.17. The van der Waals surface area contributed by atoms with Gasteiger partial charge in [0.25, 0.3) is 0 Å². The van der Waals surface area contributed by atoms with Crippen LogP contribution in [0, 0.1) is 0 Å². The fourth-order valence-electron chi connectivity index (χ4n) is 1.67. The number of ether oxygens (including phenoxy) is 1. The Bertz CT molecular complexity index is 502. The van der Waals surface area contributed by atoms with Crippen molar-refractivity contribution in [1.29, 1.82) is 0 Å². The largest absolute Gasteiger partial charge is 0.465 e. The maximum Gasteiger partial charge on any atom is 0.339 e. The van der Waals surface area contributed by atoms with Crippen molar-refractivity contribution in [3.8, 4) is 0 Å². The normalized spacial score (nSPS) is 14.1. The summed E-state index contributed by atoms with van der Waals surface area (Å²) in [6.07, 6.45) is 0. The second-order valence-corrected chi connectivity index (χ2v) is 4.62. The second kappa shape index (κ2) is 4.37. The van der Waals surface area contributed by atoms with E-state index in [4.69, 9.17) is 0 Å². The number of halogens is 1. The van der Waals surface area contributed by atoms with Crippen LogP contribution in [-0.2, 0) is 11.3 Å². The van der Waals surface area contributed by atoms with Gasteiger partial charge in [-0.2, -0.15) is 0 Å². The highest BCUT2D eigenvalue weighted by molar-refractivity contribution is 9.10. The Morgan fingerprint density at radius 2 is 2.24 bits per heavy atom. The first-order valence-corrected chi connectivity index (χ1v) is 5.75. The lowest BCUT2D eigenvalue weighted by molar-refractivity contribution is 0.0599. The maximum absolute atomic E-state index is 11.5. The van der Waals surface area contributed by atoms with Gasteiger partial charge < -0.3 is 15.0 Å². The lowest BCUT2D eigenvalue weighted by Gasteiger charge is -2.26. The molecule has 0 aliphatic carbocycles. The molecule has 0 atom stereocenters. The summed E-state index contributed by atoms with van der Waals surface area (Å²) in [7, 11) is 3.03. The number of carbonyl (C=O) groups excluding carboxylic acids is 2. The van der Waals surface area contributed by atoms with Crippen LogP contribution >= 0.6 is 15.9 Å². The van der Waals surface area contributed by atoms with Crippen LogP contribution in [0.2, 0.25) is 0 Å². The number of methoxy groups -OCH3 is 1. The number of esters is 1. The Morgan fingerprint density at radius 1 is 1.53 bits per heavy atom. The smallest absolute Gasteiger partial charge is 0.339 e. The average Bonchev–Trinajstić information content (AvgIpc) is 2.30. The number of nitrogens with zero attached hydrogens (tertiary/aromatic N) is 1. The number of hydrogen-bond acceptors (Lipinski definition) is 3. The number of carbonyl (C=O) groups is 2. The molecule has 2 rings (SSSR count). The molecule has 0 saturated carbocycles. The minimum absolute atomic E-state index is 0.157. The molecule has 0 aromatic heterocycles. The summed E-state index contributed by atoms with van der Waals surface area (Å²) >= 11 is 3.29. The standard InChI is InChI=1S/C11H11BrN2O3/c1-14-5-6-3-7(10(15)17-2)8(12)4-9(6)13-11(14)16/h3-4H,5H2,1-2H3,(H,13,16). The molecule has 0 saturated heterocycles. The Hall–Kier alpha value is -1.56. The summed E-state index contributed by atoms with van der Waals surface area (Å²) in [5, 5.41) is 2.74. The molecule has 1 aliphatic rings. The van der Waals surface area contributed by atoms with Gasteiger partial charge in [-0.25, -0.2) is 9.59 Å². The number of nitrogens with one attached hydrogen (secondary N) is 1. The third kappa shape index (κ3) is 2.12. The van der Waals surface area contributed by atoms with E-state index in [0.717, 1.165) is 5.56 Å². The zero-order chi connectivity index (χ0) is 12.6. The molecule has 0 fully saturated rings. The molecule has 17 heavy (non-hydrogen) atoms. The molecule has 1 aromatic rings. The fraction of sp³-hybridized carbons (Fsp3) is 0.273. The van der Waals surface area contributed by atoms with Gasteiger partial charge in [0.2, 0.25) is 0 Å². The summed E-state index contributed by atoms with van der Waals surface area (Å²) in [4.78, 5) is 24.5. The van der Waals surface area contributed by atoms with E-state index >= 15 is 0 Å². The highest BCUT2D eigenvalue weighted by atomic mass is 79.9. The van der Waals surface area contributed by atoms with Crippen LogP contribution in [0.5, 0.6) is 0 Å². The highest BCUT2D eigenvalue weighted by Crippen LogP contribution is 2.29. The van der Waals surface area contributed by atoms with Crippen LogP contribution < -0.4 is 5.32 Å². The van der Waals surface area contributed by atoms with E-state index in [-0.39, 0.29) is 6.03 Å². The summed E-state index contributed by atoms with van der Waals surface area (Å²) in [6.45, 7) is 0.471. The molecule has 1 aromatic carbocycles. The molecule has 1 N–H and O–H groups in total. The molecule has 90 valence electrons. The van der Waals surface area contributed by atoms with Gasteiger partial charge in [0.05, 0.1) is 12.7 Å². The van der Waals surface area contributed by atoms with Gasteiger partial charge in [0.1, 0.15) is 0 Å². The second-order valence-electron chi connectivity index (χ2n) is 3.77. The lowest BCUT2D eigenvalue weighted by atomic mass is 10.1. The number of amides is 2. The van der Waals surface area contributed by atoms with Crippen molar-refractivity contribution in [1.82, 2.24) is 4.90 Å². The van der Waals surface area contributed by atoms with Gasteiger partial charge in [-0.3, -0.25) is 0 Å². The first kappa shape index (κ1) is 11.9. The number of hydrogen-bond donors (Lipinski definition) is 1. The van der Waals surface area contributed by atoms with E-state index in [2.05, 4.69) is 26.0 Å². The Labute approximate surface area is 107 Å². The predicted octanol–water partition coefficient (Wildman–Crippen LogP) is 2.21. The first-order valence-electron chi connectivity index (χ1n) is 4.95. The first-order chi connectivity index (χ1) is 8.02. The Kier molecular flexibility index (Phi) is 3.06. The Balaban J connectivity index is 2.46. The summed E-state index contributed by atoms with van der Waals surface area (Å²) in [5.74, 6) is -0.403. The van der Waals surface area contributed by atoms with Crippen molar-refractivity contribution in [2.24, 2.45) is 0 Å². The molecule has 0 bridgehead atoms. The van der Waals surface area contributed by atoms with Gasteiger partial charge in [-0.05, 0) is 33.6 Å². The minimum Gasteiger partial charge on any atom is -0.465 e. The van der Waals surface area contributed by atoms with Crippen LogP contribution in [0.4, 0.5) is 10.5 Å². The molecule has 6 heteroatoms. The lowest BCUT2D eigenvalue weighted by Crippen LogP contribution is -2.35. The van der Waals surface area contributed by atoms with Crippen molar-refractivity contribution in [3.63, 3.8) is 0 Å². The molecule has 1 aliphatic heterocycles. The van der Waals surface area contributed by atoms with E-state index in [1.165, 1.54) is 12.0 Å². The van der Waals surface area contributed by atoms with Crippen molar-refractivity contribution in [2.75, 3.05) is 19.5 Å². The molecule has 0 unspecified atom stereocenters. The number of rotatable bonds is 1. The van der Waals surface area contributed by atoms with E-state index in [9.17, 15) is 9.59 Å². The molecule has 0 spiro atoms. The molecule has 2 amide bonds. The van der Waals surface area contributed by atoms with Crippen molar-refractivity contribution < 1.29 is 14.3 Å². The third-order valence-corrected chi connectivity index (χ3v) is 3.25.